The Kier molecular flexibility index (Phi) is 5.72. The quantitative estimate of drug-likeness (QED) is 0.537. The molecule has 1 aromatic carbocycles. The predicted octanol–water partition coefficient (Wildman–Crippen LogP) is 4.56. The van der Waals surface area contributed by atoms with Gasteiger partial charge in [-0.3, -0.25) is 0 Å². The van der Waals surface area contributed by atoms with Gasteiger partial charge in [-0.1, -0.05) is 49.4 Å². The number of anilines is 1. The van der Waals surface area contributed by atoms with Crippen LogP contribution in [0.1, 0.15) is 20.8 Å². The smallest absolute Gasteiger partial charge is 0.0662 e. The molecule has 0 aliphatic carbocycles. The van der Waals surface area contributed by atoms with Gasteiger partial charge in [0, 0.05) is 12.4 Å². The van der Waals surface area contributed by atoms with Crippen molar-refractivity contribution in [1.29, 1.82) is 0 Å². The molecule has 0 saturated carbocycles. The number of allylic oxidation sites excluding steroid dienone is 2. The van der Waals surface area contributed by atoms with Crippen LogP contribution in [0, 0.1) is 5.92 Å². The van der Waals surface area contributed by atoms with Crippen molar-refractivity contribution in [3.8, 4) is 0 Å². The van der Waals surface area contributed by atoms with E-state index in [0.717, 1.165) is 5.69 Å². The molecule has 0 unspecified atom stereocenters. The zero-order valence-corrected chi connectivity index (χ0v) is 10.6. The van der Waals surface area contributed by atoms with E-state index in [1.807, 2.05) is 49.5 Å². The first kappa shape index (κ1) is 13.2. The van der Waals surface area contributed by atoms with E-state index in [9.17, 15) is 0 Å². The second-order valence-corrected chi connectivity index (χ2v) is 3.95. The molecule has 90 valence electrons. The van der Waals surface area contributed by atoms with Gasteiger partial charge in [-0.2, -0.15) is 0 Å². The Morgan fingerprint density at radius 1 is 1.18 bits per heavy atom. The number of rotatable bonds is 5. The Morgan fingerprint density at radius 3 is 2.47 bits per heavy atom. The monoisotopic (exact) mass is 229 g/mol. The number of benzene rings is 1. The summed E-state index contributed by atoms with van der Waals surface area (Å²) in [5.41, 5.74) is 0.998. The molecule has 3 heteroatoms. The average molecular weight is 229 g/mol. The van der Waals surface area contributed by atoms with E-state index in [-0.39, 0.29) is 0 Å². The summed E-state index contributed by atoms with van der Waals surface area (Å²) in [7, 11) is 0. The highest BCUT2D eigenvalue weighted by atomic mass is 15.5. The highest BCUT2D eigenvalue weighted by Gasteiger charge is 1.99. The minimum atomic E-state index is 0.484. The third kappa shape index (κ3) is 5.11. The topological polar surface area (TPSA) is 28.0 Å². The summed E-state index contributed by atoms with van der Waals surface area (Å²) in [6, 6.07) is 9.95. The largest absolute Gasteiger partial charge is 0.223 e. The van der Waals surface area contributed by atoms with E-state index in [1.54, 1.807) is 11.2 Å². The van der Waals surface area contributed by atoms with Crippen molar-refractivity contribution < 1.29 is 0 Å². The van der Waals surface area contributed by atoms with Gasteiger partial charge in [-0.05, 0) is 25.0 Å². The number of nitrogens with zero attached hydrogens (tertiary/aromatic N) is 3. The summed E-state index contributed by atoms with van der Waals surface area (Å²) in [5, 5.41) is 9.87. The summed E-state index contributed by atoms with van der Waals surface area (Å²) >= 11 is 0. The Hall–Kier alpha value is -1.90. The lowest BCUT2D eigenvalue weighted by Crippen LogP contribution is -2.06. The van der Waals surface area contributed by atoms with Gasteiger partial charge in [-0.15, -0.1) is 5.11 Å². The minimum Gasteiger partial charge on any atom is -0.223 e. The summed E-state index contributed by atoms with van der Waals surface area (Å²) < 4.78 is 0. The number of hydrogen-bond donors (Lipinski definition) is 0. The molecule has 1 aromatic rings. The van der Waals surface area contributed by atoms with Crippen molar-refractivity contribution in [3.05, 3.63) is 54.9 Å². The van der Waals surface area contributed by atoms with Crippen molar-refractivity contribution in [2.24, 2.45) is 16.3 Å². The third-order valence-electron chi connectivity index (χ3n) is 2.00. The van der Waals surface area contributed by atoms with Crippen LogP contribution in [-0.4, -0.2) is 0 Å². The van der Waals surface area contributed by atoms with E-state index >= 15 is 0 Å². The second-order valence-electron chi connectivity index (χ2n) is 3.95. The molecule has 0 radical (unpaired) electrons. The lowest BCUT2D eigenvalue weighted by atomic mass is 10.2. The van der Waals surface area contributed by atoms with Gasteiger partial charge >= 0.3 is 0 Å². The molecule has 0 spiro atoms. The van der Waals surface area contributed by atoms with Gasteiger partial charge in [0.25, 0.3) is 0 Å². The standard InChI is InChI=1S/C14H19N3/c1-4-11-15-16-17(12-10-13(2)3)14-8-6-5-7-9-14/h4-13H,1-3H3/b11-4-,12-10+,16-15-. The maximum Gasteiger partial charge on any atom is 0.0662 e. The van der Waals surface area contributed by atoms with Crippen LogP contribution in [-0.2, 0) is 0 Å². The van der Waals surface area contributed by atoms with Crippen LogP contribution in [0.5, 0.6) is 0 Å². The molecular formula is C14H19N3. The van der Waals surface area contributed by atoms with Gasteiger partial charge in [0.2, 0.25) is 0 Å². The van der Waals surface area contributed by atoms with Crippen molar-refractivity contribution in [1.82, 2.24) is 0 Å². The fraction of sp³-hybridized carbons (Fsp3) is 0.286. The fourth-order valence-electron chi connectivity index (χ4n) is 1.15. The Balaban J connectivity index is 2.86. The van der Waals surface area contributed by atoms with Crippen LogP contribution in [0.25, 0.3) is 0 Å². The van der Waals surface area contributed by atoms with E-state index in [1.165, 1.54) is 0 Å². The van der Waals surface area contributed by atoms with Crippen molar-refractivity contribution in [2.75, 3.05) is 5.01 Å². The average Bonchev–Trinajstić information content (AvgIpc) is 2.34. The summed E-state index contributed by atoms with van der Waals surface area (Å²) in [4.78, 5) is 0. The van der Waals surface area contributed by atoms with Crippen LogP contribution in [0.2, 0.25) is 0 Å². The van der Waals surface area contributed by atoms with Gasteiger partial charge in [-0.25, -0.2) is 5.01 Å². The molecule has 0 saturated heterocycles. The molecule has 0 bridgehead atoms. The summed E-state index contributed by atoms with van der Waals surface area (Å²) in [5.74, 6) is 0.484. The summed E-state index contributed by atoms with van der Waals surface area (Å²) in [6.45, 7) is 6.17. The van der Waals surface area contributed by atoms with E-state index in [0.29, 0.717) is 5.92 Å². The van der Waals surface area contributed by atoms with Gasteiger partial charge < -0.3 is 0 Å². The predicted molar refractivity (Wildman–Crippen MR) is 72.6 cm³/mol. The number of hydrogen-bond acceptors (Lipinski definition) is 2. The molecule has 0 aliphatic heterocycles. The second kappa shape index (κ2) is 7.39. The lowest BCUT2D eigenvalue weighted by Gasteiger charge is -2.12. The van der Waals surface area contributed by atoms with Crippen LogP contribution >= 0.6 is 0 Å². The molecule has 0 heterocycles. The first-order valence-corrected chi connectivity index (χ1v) is 5.78. The van der Waals surface area contributed by atoms with Crippen molar-refractivity contribution >= 4 is 5.69 Å². The van der Waals surface area contributed by atoms with Crippen molar-refractivity contribution in [3.63, 3.8) is 0 Å². The third-order valence-corrected chi connectivity index (χ3v) is 2.00. The normalized spacial score (nSPS) is 12.2. The first-order chi connectivity index (χ1) is 8.24. The van der Waals surface area contributed by atoms with E-state index in [4.69, 9.17) is 0 Å². The van der Waals surface area contributed by atoms with Crippen LogP contribution in [0.4, 0.5) is 5.69 Å². The molecule has 0 aromatic heterocycles. The summed E-state index contributed by atoms with van der Waals surface area (Å²) in [6.07, 6.45) is 7.53. The minimum absolute atomic E-state index is 0.484. The van der Waals surface area contributed by atoms with Crippen LogP contribution in [0.15, 0.2) is 65.2 Å². The lowest BCUT2D eigenvalue weighted by molar-refractivity contribution is 0.820. The van der Waals surface area contributed by atoms with E-state index in [2.05, 4.69) is 30.3 Å². The van der Waals surface area contributed by atoms with Gasteiger partial charge in [0.05, 0.1) is 5.69 Å². The Labute approximate surface area is 103 Å². The molecule has 0 fully saturated rings. The zero-order chi connectivity index (χ0) is 12.5. The SMILES string of the molecule is C/C=C\N=N/N(/C=C/C(C)C)c1ccccc1. The van der Waals surface area contributed by atoms with Crippen LogP contribution < -0.4 is 5.01 Å². The molecule has 3 nitrogen and oxygen atoms in total. The molecule has 0 amide bonds. The molecular weight excluding hydrogens is 210 g/mol. The molecule has 0 aliphatic rings. The maximum atomic E-state index is 4.14. The Bertz CT molecular complexity index is 391. The first-order valence-electron chi connectivity index (χ1n) is 5.78. The molecule has 1 rings (SSSR count). The zero-order valence-electron chi connectivity index (χ0n) is 10.6. The van der Waals surface area contributed by atoms with Crippen LogP contribution in [0.3, 0.4) is 0 Å². The molecule has 0 atom stereocenters. The van der Waals surface area contributed by atoms with Gasteiger partial charge in [0.1, 0.15) is 0 Å². The molecule has 0 N–H and O–H groups in total. The maximum absolute atomic E-state index is 4.14. The highest BCUT2D eigenvalue weighted by Crippen LogP contribution is 2.15. The van der Waals surface area contributed by atoms with Crippen molar-refractivity contribution in [2.45, 2.75) is 20.8 Å². The van der Waals surface area contributed by atoms with E-state index < -0.39 is 0 Å². The Morgan fingerprint density at radius 2 is 1.88 bits per heavy atom. The molecule has 17 heavy (non-hydrogen) atoms. The number of para-hydroxylation sites is 1. The fourth-order valence-corrected chi connectivity index (χ4v) is 1.15. The van der Waals surface area contributed by atoms with Gasteiger partial charge in [0.15, 0.2) is 0 Å². The highest BCUT2D eigenvalue weighted by molar-refractivity contribution is 5.47.